The number of aliphatic hydroxyl groups excluding tert-OH is 1. The Labute approximate surface area is 80.3 Å². The molecule has 2 rings (SSSR count). The smallest absolute Gasteiger partial charge is 0.202 e. The molecule has 0 unspecified atom stereocenters. The van der Waals surface area contributed by atoms with Crippen molar-refractivity contribution in [3.8, 4) is 0 Å². The van der Waals surface area contributed by atoms with Gasteiger partial charge in [0, 0.05) is 11.3 Å². The lowest BCUT2D eigenvalue weighted by Crippen LogP contribution is -2.09. The van der Waals surface area contributed by atoms with Crippen LogP contribution in [0.5, 0.6) is 0 Å². The van der Waals surface area contributed by atoms with Crippen LogP contribution in [0.2, 0.25) is 0 Å². The van der Waals surface area contributed by atoms with E-state index in [2.05, 4.69) is 0 Å². The number of aliphatic hydroxyl groups is 1. The van der Waals surface area contributed by atoms with Crippen molar-refractivity contribution in [3.63, 3.8) is 0 Å². The first-order valence-corrected chi connectivity index (χ1v) is 4.91. The minimum absolute atomic E-state index is 0.0747. The van der Waals surface area contributed by atoms with Gasteiger partial charge in [0.15, 0.2) is 0 Å². The maximum absolute atomic E-state index is 11.6. The van der Waals surface area contributed by atoms with Gasteiger partial charge in [0.1, 0.15) is 0 Å². The SMILES string of the molecule is O=C1C(=CO)SCc2ccccc21. The number of benzene rings is 1. The molecule has 0 amide bonds. The Morgan fingerprint density at radius 2 is 2.15 bits per heavy atom. The lowest BCUT2D eigenvalue weighted by atomic mass is 10.0. The first kappa shape index (κ1) is 8.38. The molecular weight excluding hydrogens is 184 g/mol. The molecule has 0 aromatic heterocycles. The van der Waals surface area contributed by atoms with Crippen LogP contribution in [0.4, 0.5) is 0 Å². The average molecular weight is 192 g/mol. The summed E-state index contributed by atoms with van der Waals surface area (Å²) in [5, 5.41) is 8.78. The highest BCUT2D eigenvalue weighted by Gasteiger charge is 2.21. The molecule has 0 saturated heterocycles. The van der Waals surface area contributed by atoms with Crippen LogP contribution in [0.25, 0.3) is 0 Å². The number of Topliss-reactive ketones (excluding diaryl/α,β-unsaturated/α-hetero) is 1. The molecule has 0 saturated carbocycles. The second kappa shape index (κ2) is 3.26. The molecule has 1 aromatic rings. The fourth-order valence-corrected chi connectivity index (χ4v) is 2.20. The highest BCUT2D eigenvalue weighted by Crippen LogP contribution is 2.32. The van der Waals surface area contributed by atoms with Crippen LogP contribution >= 0.6 is 11.8 Å². The van der Waals surface area contributed by atoms with Crippen LogP contribution < -0.4 is 0 Å². The van der Waals surface area contributed by atoms with Gasteiger partial charge in [0.25, 0.3) is 0 Å². The van der Waals surface area contributed by atoms with Gasteiger partial charge in [-0.15, -0.1) is 11.8 Å². The Bertz CT molecular complexity index is 382. The Hall–Kier alpha value is -1.22. The quantitative estimate of drug-likeness (QED) is 0.507. The zero-order valence-corrected chi connectivity index (χ0v) is 7.67. The highest BCUT2D eigenvalue weighted by atomic mass is 32.2. The van der Waals surface area contributed by atoms with Gasteiger partial charge in [-0.25, -0.2) is 0 Å². The van der Waals surface area contributed by atoms with Crippen LogP contribution in [0.15, 0.2) is 35.4 Å². The first-order chi connectivity index (χ1) is 6.33. The number of ketones is 1. The Morgan fingerprint density at radius 3 is 2.92 bits per heavy atom. The fraction of sp³-hybridized carbons (Fsp3) is 0.100. The molecule has 1 aliphatic rings. The van der Waals surface area contributed by atoms with E-state index < -0.39 is 0 Å². The molecular formula is C10H8O2S. The van der Waals surface area contributed by atoms with E-state index >= 15 is 0 Å². The molecule has 0 atom stereocenters. The van der Waals surface area contributed by atoms with E-state index in [4.69, 9.17) is 5.11 Å². The zero-order chi connectivity index (χ0) is 9.26. The summed E-state index contributed by atoms with van der Waals surface area (Å²) in [5.41, 5.74) is 1.75. The molecule has 0 spiro atoms. The van der Waals surface area contributed by atoms with E-state index in [1.54, 1.807) is 6.07 Å². The van der Waals surface area contributed by atoms with Crippen molar-refractivity contribution in [2.75, 3.05) is 0 Å². The van der Waals surface area contributed by atoms with E-state index in [0.717, 1.165) is 17.6 Å². The van der Waals surface area contributed by atoms with E-state index in [1.165, 1.54) is 11.8 Å². The Balaban J connectivity index is 2.51. The Kier molecular flexibility index (Phi) is 2.10. The highest BCUT2D eigenvalue weighted by molar-refractivity contribution is 8.03. The summed E-state index contributed by atoms with van der Waals surface area (Å²) in [6.07, 6.45) is 0.892. The van der Waals surface area contributed by atoms with E-state index in [0.29, 0.717) is 10.5 Å². The summed E-state index contributed by atoms with van der Waals surface area (Å²) in [5.74, 6) is 0.684. The molecule has 1 N–H and O–H groups in total. The normalized spacial score (nSPS) is 18.8. The van der Waals surface area contributed by atoms with Gasteiger partial charge < -0.3 is 5.11 Å². The number of hydrogen-bond donors (Lipinski definition) is 1. The summed E-state index contributed by atoms with van der Waals surface area (Å²) in [6, 6.07) is 7.48. The standard InChI is InChI=1S/C10H8O2S/c11-5-9-10(12)8-4-2-1-3-7(8)6-13-9/h1-5,11H,6H2. The van der Waals surface area contributed by atoms with Crippen LogP contribution in [0, 0.1) is 0 Å². The number of carbonyl (C=O) groups is 1. The van der Waals surface area contributed by atoms with Crippen LogP contribution in [0.1, 0.15) is 15.9 Å². The molecule has 0 radical (unpaired) electrons. The third-order valence-electron chi connectivity index (χ3n) is 1.99. The number of rotatable bonds is 0. The summed E-state index contributed by atoms with van der Waals surface area (Å²) in [7, 11) is 0. The summed E-state index contributed by atoms with van der Waals surface area (Å²) < 4.78 is 0. The third kappa shape index (κ3) is 1.35. The predicted octanol–water partition coefficient (Wildman–Crippen LogP) is 2.52. The van der Waals surface area contributed by atoms with Crippen molar-refractivity contribution in [1.82, 2.24) is 0 Å². The molecule has 66 valence electrons. The molecule has 13 heavy (non-hydrogen) atoms. The summed E-state index contributed by atoms with van der Waals surface area (Å²) in [4.78, 5) is 12.0. The first-order valence-electron chi connectivity index (χ1n) is 3.92. The fourth-order valence-electron chi connectivity index (χ4n) is 1.32. The second-order valence-corrected chi connectivity index (χ2v) is 3.79. The maximum Gasteiger partial charge on any atom is 0.202 e. The lowest BCUT2D eigenvalue weighted by molar-refractivity contribution is 0.103. The van der Waals surface area contributed by atoms with Crippen LogP contribution in [-0.4, -0.2) is 10.9 Å². The number of thioether (sulfide) groups is 1. The largest absolute Gasteiger partial charge is 0.514 e. The molecule has 1 aliphatic heterocycles. The van der Waals surface area contributed by atoms with Crippen molar-refractivity contribution in [1.29, 1.82) is 0 Å². The predicted molar refractivity (Wildman–Crippen MR) is 52.8 cm³/mol. The molecule has 0 aliphatic carbocycles. The van der Waals surface area contributed by atoms with Crippen LogP contribution in [0.3, 0.4) is 0 Å². The van der Waals surface area contributed by atoms with Gasteiger partial charge in [-0.3, -0.25) is 4.79 Å². The minimum atomic E-state index is -0.0747. The third-order valence-corrected chi connectivity index (χ3v) is 3.04. The lowest BCUT2D eigenvalue weighted by Gasteiger charge is -2.15. The topological polar surface area (TPSA) is 37.3 Å². The Morgan fingerprint density at radius 1 is 1.38 bits per heavy atom. The molecule has 1 heterocycles. The number of hydrogen-bond acceptors (Lipinski definition) is 3. The van der Waals surface area contributed by atoms with Crippen molar-refractivity contribution in [2.45, 2.75) is 5.75 Å². The van der Waals surface area contributed by atoms with Gasteiger partial charge in [-0.05, 0) is 5.56 Å². The maximum atomic E-state index is 11.6. The molecule has 0 bridgehead atoms. The molecule has 2 nitrogen and oxygen atoms in total. The minimum Gasteiger partial charge on any atom is -0.514 e. The summed E-state index contributed by atoms with van der Waals surface area (Å²) >= 11 is 1.38. The van der Waals surface area contributed by atoms with Gasteiger partial charge in [0.2, 0.25) is 5.78 Å². The average Bonchev–Trinajstić information content (AvgIpc) is 2.19. The summed E-state index contributed by atoms with van der Waals surface area (Å²) in [6.45, 7) is 0. The second-order valence-electron chi connectivity index (χ2n) is 2.77. The van der Waals surface area contributed by atoms with E-state index in [9.17, 15) is 4.79 Å². The van der Waals surface area contributed by atoms with Crippen molar-refractivity contribution in [3.05, 3.63) is 46.6 Å². The molecule has 3 heteroatoms. The van der Waals surface area contributed by atoms with Gasteiger partial charge in [-0.1, -0.05) is 24.3 Å². The zero-order valence-electron chi connectivity index (χ0n) is 6.86. The van der Waals surface area contributed by atoms with E-state index in [1.807, 2.05) is 18.2 Å². The van der Waals surface area contributed by atoms with Gasteiger partial charge in [-0.2, -0.15) is 0 Å². The van der Waals surface area contributed by atoms with Gasteiger partial charge in [0.05, 0.1) is 11.2 Å². The van der Waals surface area contributed by atoms with Crippen molar-refractivity contribution in [2.24, 2.45) is 0 Å². The van der Waals surface area contributed by atoms with Crippen molar-refractivity contribution >= 4 is 17.5 Å². The van der Waals surface area contributed by atoms with Crippen LogP contribution in [-0.2, 0) is 5.75 Å². The number of carbonyl (C=O) groups excluding carboxylic acids is 1. The molecule has 1 aromatic carbocycles. The monoisotopic (exact) mass is 192 g/mol. The number of fused-ring (bicyclic) bond motifs is 1. The van der Waals surface area contributed by atoms with Crippen molar-refractivity contribution < 1.29 is 9.90 Å². The number of allylic oxidation sites excluding steroid dienone is 1. The van der Waals surface area contributed by atoms with E-state index in [-0.39, 0.29) is 5.78 Å². The van der Waals surface area contributed by atoms with Gasteiger partial charge >= 0.3 is 0 Å². The molecule has 0 fully saturated rings.